The maximum atomic E-state index is 12.4. The first-order valence-corrected chi connectivity index (χ1v) is 10.4. The van der Waals surface area contributed by atoms with E-state index in [1.54, 1.807) is 55.5 Å². The topological polar surface area (TPSA) is 102 Å². The number of hydrogen-bond donors (Lipinski definition) is 2. The van der Waals surface area contributed by atoms with Gasteiger partial charge in [-0.2, -0.15) is 0 Å². The van der Waals surface area contributed by atoms with Crippen LogP contribution < -0.4 is 15.4 Å². The zero-order valence-electron chi connectivity index (χ0n) is 15.2. The highest BCUT2D eigenvalue weighted by molar-refractivity contribution is 7.90. The Labute approximate surface area is 158 Å². The number of hydrogen-bond acceptors (Lipinski definition) is 5. The Kier molecular flexibility index (Phi) is 6.95. The van der Waals surface area contributed by atoms with Gasteiger partial charge in [-0.25, -0.2) is 8.42 Å². The molecule has 2 amide bonds. The molecule has 0 saturated heterocycles. The van der Waals surface area contributed by atoms with Crippen molar-refractivity contribution in [2.45, 2.75) is 13.3 Å². The van der Waals surface area contributed by atoms with Crippen molar-refractivity contribution in [3.05, 3.63) is 54.1 Å². The van der Waals surface area contributed by atoms with E-state index in [1.165, 1.54) is 0 Å². The number of carbonyl (C=O) groups is 2. The fraction of sp³-hybridized carbons (Fsp3) is 0.263. The molecule has 2 aromatic rings. The molecule has 0 radical (unpaired) electrons. The lowest BCUT2D eigenvalue weighted by atomic mass is 10.1. The van der Waals surface area contributed by atoms with Gasteiger partial charge < -0.3 is 15.4 Å². The molecule has 0 unspecified atom stereocenters. The summed E-state index contributed by atoms with van der Waals surface area (Å²) in [6.07, 6.45) is 1.49. The number of sulfone groups is 1. The van der Waals surface area contributed by atoms with Crippen LogP contribution >= 0.6 is 0 Å². The summed E-state index contributed by atoms with van der Waals surface area (Å²) in [5.41, 5.74) is 1.46. The van der Waals surface area contributed by atoms with Crippen LogP contribution in [0, 0.1) is 0 Å². The molecular formula is C19H22N2O5S. The molecular weight excluding hydrogens is 368 g/mol. The zero-order valence-corrected chi connectivity index (χ0v) is 16.0. The van der Waals surface area contributed by atoms with E-state index in [1.807, 2.05) is 0 Å². The number of nitrogens with one attached hydrogen (secondary N) is 2. The van der Waals surface area contributed by atoms with Crippen LogP contribution in [0.25, 0.3) is 0 Å². The van der Waals surface area contributed by atoms with Crippen molar-refractivity contribution >= 4 is 33.0 Å². The van der Waals surface area contributed by atoms with Crippen LogP contribution in [0.2, 0.25) is 0 Å². The summed E-state index contributed by atoms with van der Waals surface area (Å²) in [5.74, 6) is -0.0948. The monoisotopic (exact) mass is 390 g/mol. The van der Waals surface area contributed by atoms with Crippen molar-refractivity contribution in [2.75, 3.05) is 29.2 Å². The van der Waals surface area contributed by atoms with Gasteiger partial charge in [0.25, 0.3) is 5.91 Å². The fourth-order valence-corrected chi connectivity index (χ4v) is 2.55. The van der Waals surface area contributed by atoms with Gasteiger partial charge in [-0.05, 0) is 30.3 Å². The van der Waals surface area contributed by atoms with E-state index in [9.17, 15) is 18.0 Å². The van der Waals surface area contributed by atoms with Crippen molar-refractivity contribution in [1.29, 1.82) is 0 Å². The van der Waals surface area contributed by atoms with Gasteiger partial charge in [0.1, 0.15) is 12.4 Å². The van der Waals surface area contributed by atoms with Crippen LogP contribution in [-0.2, 0) is 14.6 Å². The number of amides is 2. The van der Waals surface area contributed by atoms with Gasteiger partial charge in [0.15, 0.2) is 9.84 Å². The Morgan fingerprint density at radius 3 is 2.33 bits per heavy atom. The zero-order chi connectivity index (χ0) is 19.9. The standard InChI is InChI=1S/C19H22N2O5S/c1-3-18(22)20-15-7-4-6-14(12-15)19(23)21-16-8-5-9-17(13-16)26-10-11-27(2,24)25/h4-9,12-13H,3,10-11H2,1-2H3,(H,20,22)(H,21,23). The van der Waals surface area contributed by atoms with Gasteiger partial charge in [-0.1, -0.05) is 19.1 Å². The number of anilines is 2. The predicted octanol–water partition coefficient (Wildman–Crippen LogP) is 2.71. The van der Waals surface area contributed by atoms with Crippen LogP contribution in [0.4, 0.5) is 11.4 Å². The Bertz CT molecular complexity index is 925. The summed E-state index contributed by atoms with van der Waals surface area (Å²) in [6.45, 7) is 1.78. The smallest absolute Gasteiger partial charge is 0.255 e. The second-order valence-electron chi connectivity index (χ2n) is 5.94. The number of rotatable bonds is 8. The minimum atomic E-state index is -3.10. The van der Waals surface area contributed by atoms with Crippen LogP contribution in [0.1, 0.15) is 23.7 Å². The van der Waals surface area contributed by atoms with E-state index >= 15 is 0 Å². The van der Waals surface area contributed by atoms with E-state index in [4.69, 9.17) is 4.74 Å². The van der Waals surface area contributed by atoms with Gasteiger partial charge in [-0.15, -0.1) is 0 Å². The van der Waals surface area contributed by atoms with Gasteiger partial charge in [-0.3, -0.25) is 9.59 Å². The van der Waals surface area contributed by atoms with Gasteiger partial charge in [0, 0.05) is 35.7 Å². The predicted molar refractivity (Wildman–Crippen MR) is 105 cm³/mol. The average molecular weight is 390 g/mol. The third kappa shape index (κ3) is 7.10. The van der Waals surface area contributed by atoms with Crippen LogP contribution in [-0.4, -0.2) is 38.8 Å². The Morgan fingerprint density at radius 1 is 1.00 bits per heavy atom. The van der Waals surface area contributed by atoms with Gasteiger partial charge >= 0.3 is 0 Å². The van der Waals surface area contributed by atoms with Gasteiger partial charge in [0.05, 0.1) is 5.75 Å². The Balaban J connectivity index is 2.02. The molecule has 2 rings (SSSR count). The maximum Gasteiger partial charge on any atom is 0.255 e. The molecule has 2 aromatic carbocycles. The van der Waals surface area contributed by atoms with E-state index in [0.29, 0.717) is 29.1 Å². The summed E-state index contributed by atoms with van der Waals surface area (Å²) < 4.78 is 27.7. The number of carbonyl (C=O) groups excluding carboxylic acids is 2. The maximum absolute atomic E-state index is 12.4. The third-order valence-electron chi connectivity index (χ3n) is 3.54. The highest BCUT2D eigenvalue weighted by atomic mass is 32.2. The van der Waals surface area contributed by atoms with Crippen molar-refractivity contribution in [2.24, 2.45) is 0 Å². The fourth-order valence-electron chi connectivity index (χ4n) is 2.17. The molecule has 144 valence electrons. The molecule has 27 heavy (non-hydrogen) atoms. The molecule has 7 nitrogen and oxygen atoms in total. The summed E-state index contributed by atoms with van der Waals surface area (Å²) in [6, 6.07) is 13.3. The minimum absolute atomic E-state index is 0.0371. The van der Waals surface area contributed by atoms with Crippen LogP contribution in [0.15, 0.2) is 48.5 Å². The Morgan fingerprint density at radius 2 is 1.67 bits per heavy atom. The molecule has 0 aromatic heterocycles. The normalized spacial score (nSPS) is 10.9. The second kappa shape index (κ2) is 9.18. The SMILES string of the molecule is CCC(=O)Nc1cccc(C(=O)Nc2cccc(OCCS(C)(=O)=O)c2)c1. The molecule has 8 heteroatoms. The summed E-state index contributed by atoms with van der Waals surface area (Å²) in [5, 5.41) is 5.46. The molecule has 2 N–H and O–H groups in total. The first-order valence-electron chi connectivity index (χ1n) is 8.38. The molecule has 0 atom stereocenters. The highest BCUT2D eigenvalue weighted by Crippen LogP contribution is 2.19. The lowest BCUT2D eigenvalue weighted by molar-refractivity contribution is -0.115. The van der Waals surface area contributed by atoms with Crippen LogP contribution in [0.3, 0.4) is 0 Å². The molecule has 0 bridgehead atoms. The van der Waals surface area contributed by atoms with E-state index in [2.05, 4.69) is 10.6 Å². The second-order valence-corrected chi connectivity index (χ2v) is 8.20. The van der Waals surface area contributed by atoms with E-state index in [-0.39, 0.29) is 24.2 Å². The highest BCUT2D eigenvalue weighted by Gasteiger charge is 2.09. The quantitative estimate of drug-likeness (QED) is 0.722. The summed E-state index contributed by atoms with van der Waals surface area (Å²) in [7, 11) is -3.10. The molecule has 0 aliphatic heterocycles. The summed E-state index contributed by atoms with van der Waals surface area (Å²) in [4.78, 5) is 23.9. The average Bonchev–Trinajstić information content (AvgIpc) is 2.61. The molecule has 0 heterocycles. The molecule has 0 saturated carbocycles. The van der Waals surface area contributed by atoms with Crippen molar-refractivity contribution in [3.8, 4) is 5.75 Å². The Hall–Kier alpha value is -2.87. The number of benzene rings is 2. The lowest BCUT2D eigenvalue weighted by Gasteiger charge is -2.10. The molecule has 0 aliphatic rings. The third-order valence-corrected chi connectivity index (χ3v) is 4.45. The summed E-state index contributed by atoms with van der Waals surface area (Å²) >= 11 is 0. The van der Waals surface area contributed by atoms with Gasteiger partial charge in [0.2, 0.25) is 5.91 Å². The largest absolute Gasteiger partial charge is 0.492 e. The molecule has 0 fully saturated rings. The van der Waals surface area contributed by atoms with Crippen molar-refractivity contribution in [3.63, 3.8) is 0 Å². The first kappa shape index (κ1) is 20.4. The van der Waals surface area contributed by atoms with Crippen molar-refractivity contribution < 1.29 is 22.7 Å². The van der Waals surface area contributed by atoms with Crippen LogP contribution in [0.5, 0.6) is 5.75 Å². The number of ether oxygens (including phenoxy) is 1. The first-order chi connectivity index (χ1) is 12.8. The van der Waals surface area contributed by atoms with Crippen molar-refractivity contribution in [1.82, 2.24) is 0 Å². The van der Waals surface area contributed by atoms with E-state index in [0.717, 1.165) is 6.26 Å². The molecule has 0 spiro atoms. The lowest BCUT2D eigenvalue weighted by Crippen LogP contribution is -2.14. The molecule has 0 aliphatic carbocycles. The minimum Gasteiger partial charge on any atom is -0.492 e. The van der Waals surface area contributed by atoms with E-state index < -0.39 is 9.84 Å².